The molecule has 12 heteroatoms. The van der Waals surface area contributed by atoms with Crippen molar-refractivity contribution in [3.8, 4) is 5.88 Å². The Bertz CT molecular complexity index is 1240. The van der Waals surface area contributed by atoms with E-state index >= 15 is 0 Å². The number of aromatic nitrogens is 3. The van der Waals surface area contributed by atoms with Gasteiger partial charge in [0.2, 0.25) is 11.8 Å². The molecule has 2 unspecified atom stereocenters. The summed E-state index contributed by atoms with van der Waals surface area (Å²) >= 11 is 0. The maximum absolute atomic E-state index is 13.4. The van der Waals surface area contributed by atoms with E-state index in [1.54, 1.807) is 6.08 Å². The molecule has 5 rings (SSSR count). The van der Waals surface area contributed by atoms with E-state index in [1.165, 1.54) is 10.6 Å². The maximum atomic E-state index is 13.4. The van der Waals surface area contributed by atoms with E-state index < -0.39 is 17.3 Å². The number of carbonyl (C=O) groups excluding carboxylic acids is 2. The van der Waals surface area contributed by atoms with E-state index in [-0.39, 0.29) is 65.9 Å². The van der Waals surface area contributed by atoms with Gasteiger partial charge in [0.1, 0.15) is 0 Å². The van der Waals surface area contributed by atoms with Gasteiger partial charge in [-0.1, -0.05) is 13.8 Å². The molecule has 0 radical (unpaired) electrons. The number of morpholine rings is 1. The molecule has 0 aromatic carbocycles. The molecule has 4 N–H and O–H groups in total. The Kier molecular flexibility index (Phi) is 7.33. The molecule has 3 aliphatic rings. The number of fused-ring (bicyclic) bond motifs is 3. The van der Waals surface area contributed by atoms with Crippen LogP contribution in [0, 0.1) is 5.92 Å². The van der Waals surface area contributed by atoms with Gasteiger partial charge < -0.3 is 25.8 Å². The molecule has 2 amide bonds. The Morgan fingerprint density at radius 2 is 1.89 bits per heavy atom. The number of amides is 2. The first kappa shape index (κ1) is 26.0. The first-order valence-electron chi connectivity index (χ1n) is 12.3. The summed E-state index contributed by atoms with van der Waals surface area (Å²) in [7, 11) is 0. The molecule has 4 heterocycles. The van der Waals surface area contributed by atoms with Gasteiger partial charge in [-0.3, -0.25) is 19.0 Å². The Balaban J connectivity index is 0.00000304. The second kappa shape index (κ2) is 10.1. The highest BCUT2D eigenvalue weighted by Crippen LogP contribution is 2.29. The van der Waals surface area contributed by atoms with Crippen LogP contribution < -0.4 is 16.6 Å². The SMILES string of the molecule is CC(C)Cn1c(=O)c(C(=O)NC2CC2)c(O)n2nc(N)c(/C=C/C(=O)N3C4CCCC3COC4)c12.Cl. The molecule has 1 saturated carbocycles. The molecule has 2 aliphatic heterocycles. The Morgan fingerprint density at radius 3 is 2.50 bits per heavy atom. The van der Waals surface area contributed by atoms with Crippen molar-refractivity contribution in [2.75, 3.05) is 18.9 Å². The highest BCUT2D eigenvalue weighted by Gasteiger charge is 2.37. The van der Waals surface area contributed by atoms with Crippen molar-refractivity contribution < 1.29 is 19.4 Å². The van der Waals surface area contributed by atoms with Gasteiger partial charge in [-0.15, -0.1) is 17.5 Å². The van der Waals surface area contributed by atoms with Crippen molar-refractivity contribution in [1.29, 1.82) is 0 Å². The van der Waals surface area contributed by atoms with Crippen LogP contribution in [0.3, 0.4) is 0 Å². The van der Waals surface area contributed by atoms with Gasteiger partial charge in [0.25, 0.3) is 11.5 Å². The average Bonchev–Trinajstić information content (AvgIpc) is 3.55. The van der Waals surface area contributed by atoms with Gasteiger partial charge in [0.05, 0.1) is 30.9 Å². The van der Waals surface area contributed by atoms with Gasteiger partial charge in [-0.25, -0.2) is 0 Å². The molecule has 2 atom stereocenters. The monoisotopic (exact) mass is 520 g/mol. The van der Waals surface area contributed by atoms with E-state index in [2.05, 4.69) is 10.4 Å². The van der Waals surface area contributed by atoms with Crippen molar-refractivity contribution in [1.82, 2.24) is 24.4 Å². The van der Waals surface area contributed by atoms with Crippen molar-refractivity contribution in [3.05, 3.63) is 27.6 Å². The lowest BCUT2D eigenvalue weighted by Crippen LogP contribution is -2.56. The summed E-state index contributed by atoms with van der Waals surface area (Å²) in [5.74, 6) is -1.24. The number of nitrogens with two attached hydrogens (primary N) is 1. The van der Waals surface area contributed by atoms with Gasteiger partial charge in [0, 0.05) is 18.7 Å². The van der Waals surface area contributed by atoms with E-state index in [0.29, 0.717) is 18.8 Å². The number of halogens is 1. The molecular formula is C24H33ClN6O5. The zero-order valence-electron chi connectivity index (χ0n) is 20.5. The van der Waals surface area contributed by atoms with Gasteiger partial charge >= 0.3 is 0 Å². The minimum atomic E-state index is -0.630. The molecule has 2 aromatic heterocycles. The molecule has 2 aromatic rings. The molecule has 0 spiro atoms. The Labute approximate surface area is 214 Å². The van der Waals surface area contributed by atoms with E-state index in [0.717, 1.165) is 36.6 Å². The van der Waals surface area contributed by atoms with Crippen molar-refractivity contribution in [3.63, 3.8) is 0 Å². The highest BCUT2D eigenvalue weighted by molar-refractivity contribution is 5.97. The normalized spacial score (nSPS) is 21.7. The van der Waals surface area contributed by atoms with Crippen LogP contribution in [0.1, 0.15) is 61.9 Å². The summed E-state index contributed by atoms with van der Waals surface area (Å²) in [6.45, 7) is 5.22. The average molecular weight is 521 g/mol. The molecule has 2 bridgehead atoms. The molecule has 11 nitrogen and oxygen atoms in total. The van der Waals surface area contributed by atoms with Crippen molar-refractivity contribution in [2.45, 2.75) is 70.6 Å². The lowest BCUT2D eigenvalue weighted by molar-refractivity contribution is -0.145. The van der Waals surface area contributed by atoms with E-state index in [9.17, 15) is 19.5 Å². The maximum Gasteiger partial charge on any atom is 0.270 e. The second-order valence-corrected chi connectivity index (χ2v) is 10.1. The third-order valence-corrected chi connectivity index (χ3v) is 6.88. The van der Waals surface area contributed by atoms with Crippen LogP contribution in [-0.2, 0) is 16.1 Å². The minimum absolute atomic E-state index is 0. The fourth-order valence-corrected chi connectivity index (χ4v) is 5.09. The Morgan fingerprint density at radius 1 is 1.22 bits per heavy atom. The zero-order valence-corrected chi connectivity index (χ0v) is 21.3. The summed E-state index contributed by atoms with van der Waals surface area (Å²) in [5, 5.41) is 17.8. The largest absolute Gasteiger partial charge is 0.492 e. The van der Waals surface area contributed by atoms with Crippen LogP contribution >= 0.6 is 12.4 Å². The predicted molar refractivity (Wildman–Crippen MR) is 136 cm³/mol. The number of carbonyl (C=O) groups is 2. The van der Waals surface area contributed by atoms with Crippen LogP contribution in [0.5, 0.6) is 5.88 Å². The number of hydrogen-bond acceptors (Lipinski definition) is 7. The van der Waals surface area contributed by atoms with Crippen LogP contribution in [0.4, 0.5) is 5.82 Å². The molecule has 2 saturated heterocycles. The third-order valence-electron chi connectivity index (χ3n) is 6.88. The molecule has 36 heavy (non-hydrogen) atoms. The fourth-order valence-electron chi connectivity index (χ4n) is 5.09. The lowest BCUT2D eigenvalue weighted by atomic mass is 9.94. The summed E-state index contributed by atoms with van der Waals surface area (Å²) < 4.78 is 8.16. The minimum Gasteiger partial charge on any atom is -0.492 e. The summed E-state index contributed by atoms with van der Waals surface area (Å²) in [6, 6.07) is 0.121. The Hall–Kier alpha value is -3.05. The van der Waals surface area contributed by atoms with Crippen LogP contribution in [0.15, 0.2) is 10.9 Å². The first-order valence-corrected chi connectivity index (χ1v) is 12.3. The number of nitrogens with one attached hydrogen (secondary N) is 1. The number of piperidine rings is 1. The topological polar surface area (TPSA) is 144 Å². The molecular weight excluding hydrogens is 488 g/mol. The lowest BCUT2D eigenvalue weighted by Gasteiger charge is -2.45. The fraction of sp³-hybridized carbons (Fsp3) is 0.583. The third kappa shape index (κ3) is 4.69. The van der Waals surface area contributed by atoms with Gasteiger partial charge in [-0.05, 0) is 44.1 Å². The van der Waals surface area contributed by atoms with E-state index in [4.69, 9.17) is 10.5 Å². The van der Waals surface area contributed by atoms with E-state index in [1.807, 2.05) is 18.7 Å². The summed E-state index contributed by atoms with van der Waals surface area (Å²) in [6.07, 6.45) is 7.56. The number of nitrogen functional groups attached to an aromatic ring is 1. The summed E-state index contributed by atoms with van der Waals surface area (Å²) in [5.41, 5.74) is 5.80. The van der Waals surface area contributed by atoms with Gasteiger partial charge in [0.15, 0.2) is 17.0 Å². The molecule has 196 valence electrons. The van der Waals surface area contributed by atoms with Gasteiger partial charge in [-0.2, -0.15) is 4.52 Å². The van der Waals surface area contributed by atoms with Crippen LogP contribution in [-0.4, -0.2) is 67.3 Å². The molecule has 1 aliphatic carbocycles. The standard InChI is InChI=1S/C24H32N6O5.ClH/c1-13(2)10-28-22-17(8-9-18(31)29-15-4-3-5-16(29)12-35-11-15)20(25)27-30(22)24(34)19(23(28)33)21(32)26-14-6-7-14;/h8-9,13-16,34H,3-7,10-12H2,1-2H3,(H2,25,27)(H,26,32);1H/b9-8+;. The number of rotatable bonds is 6. The highest BCUT2D eigenvalue weighted by atomic mass is 35.5. The van der Waals surface area contributed by atoms with Crippen molar-refractivity contribution in [2.24, 2.45) is 5.92 Å². The number of ether oxygens (including phenoxy) is 1. The van der Waals surface area contributed by atoms with Crippen molar-refractivity contribution >= 4 is 41.8 Å². The number of aromatic hydroxyl groups is 1. The number of hydrogen-bond donors (Lipinski definition) is 3. The number of nitrogens with zero attached hydrogens (tertiary/aromatic N) is 4. The quantitative estimate of drug-likeness (QED) is 0.490. The van der Waals surface area contributed by atoms with Crippen LogP contribution in [0.2, 0.25) is 0 Å². The second-order valence-electron chi connectivity index (χ2n) is 10.1. The smallest absolute Gasteiger partial charge is 0.270 e. The molecule has 3 fully saturated rings. The van der Waals surface area contributed by atoms with Crippen LogP contribution in [0.25, 0.3) is 11.7 Å². The predicted octanol–water partition coefficient (Wildman–Crippen LogP) is 1.55. The number of anilines is 1. The summed E-state index contributed by atoms with van der Waals surface area (Å²) in [4.78, 5) is 41.2. The zero-order chi connectivity index (χ0) is 24.9. The first-order chi connectivity index (χ1) is 16.8.